The van der Waals surface area contributed by atoms with Crippen molar-refractivity contribution in [3.05, 3.63) is 29.3 Å². The number of anilines is 1. The van der Waals surface area contributed by atoms with Gasteiger partial charge in [0.2, 0.25) is 0 Å². The Kier molecular flexibility index (Phi) is 3.19. The summed E-state index contributed by atoms with van der Waals surface area (Å²) in [6.07, 6.45) is -3.17. The molecule has 18 heavy (non-hydrogen) atoms. The third-order valence-corrected chi connectivity index (χ3v) is 3.07. The average molecular weight is 258 g/mol. The van der Waals surface area contributed by atoms with E-state index in [1.165, 1.54) is 6.07 Å². The highest BCUT2D eigenvalue weighted by Gasteiger charge is 2.32. The smallest absolute Gasteiger partial charge is 0.411 e. The summed E-state index contributed by atoms with van der Waals surface area (Å²) in [6, 6.07) is 3.51. The summed E-state index contributed by atoms with van der Waals surface area (Å²) >= 11 is 0. The predicted octanol–water partition coefficient (Wildman–Crippen LogP) is 3.48. The molecule has 0 radical (unpaired) electrons. The predicted molar refractivity (Wildman–Crippen MR) is 62.1 cm³/mol. The molecule has 2 rings (SSSR count). The Morgan fingerprint density at radius 1 is 1.44 bits per heavy atom. The van der Waals surface area contributed by atoms with Gasteiger partial charge in [0.25, 0.3) is 0 Å². The Bertz CT molecular complexity index is 483. The van der Waals surface area contributed by atoms with Gasteiger partial charge in [0, 0.05) is 23.7 Å². The first-order chi connectivity index (χ1) is 8.45. The lowest BCUT2D eigenvalue weighted by Gasteiger charge is -2.27. The molecule has 0 saturated carbocycles. The van der Waals surface area contributed by atoms with Gasteiger partial charge in [0.1, 0.15) is 0 Å². The van der Waals surface area contributed by atoms with Crippen molar-refractivity contribution in [2.24, 2.45) is 5.16 Å². The van der Waals surface area contributed by atoms with Gasteiger partial charge in [-0.3, -0.25) is 0 Å². The lowest BCUT2D eigenvalue weighted by molar-refractivity contribution is -0.137. The molecule has 98 valence electrons. The number of alkyl halides is 3. The van der Waals surface area contributed by atoms with Gasteiger partial charge in [-0.1, -0.05) is 12.1 Å². The van der Waals surface area contributed by atoms with E-state index in [4.69, 9.17) is 5.21 Å². The molecule has 1 aromatic carbocycles. The molecule has 0 saturated heterocycles. The standard InChI is InChI=1S/C12H13F3N2O/c1-2-8-6-11(17-18)9-5-7(12(13,14)15)3-4-10(9)16-8/h3-5,8,16,18H,2,6H2,1H3/t8-/m1/s1. The molecule has 1 heterocycles. The van der Waals surface area contributed by atoms with E-state index in [2.05, 4.69) is 10.5 Å². The molecule has 0 fully saturated rings. The van der Waals surface area contributed by atoms with Crippen LogP contribution in [0.3, 0.4) is 0 Å². The fraction of sp³-hybridized carbons (Fsp3) is 0.417. The Hall–Kier alpha value is -1.72. The molecule has 0 bridgehead atoms. The lowest BCUT2D eigenvalue weighted by atomic mass is 9.93. The third-order valence-electron chi connectivity index (χ3n) is 3.07. The van der Waals surface area contributed by atoms with Crippen molar-refractivity contribution < 1.29 is 18.4 Å². The van der Waals surface area contributed by atoms with Crippen molar-refractivity contribution >= 4 is 11.4 Å². The number of rotatable bonds is 1. The number of hydrogen-bond donors (Lipinski definition) is 2. The number of oxime groups is 1. The number of halogens is 3. The largest absolute Gasteiger partial charge is 0.416 e. The normalized spacial score (nSPS) is 21.6. The zero-order valence-electron chi connectivity index (χ0n) is 9.75. The second-order valence-electron chi connectivity index (χ2n) is 4.26. The van der Waals surface area contributed by atoms with Gasteiger partial charge in [0.05, 0.1) is 11.3 Å². The third kappa shape index (κ3) is 2.27. The van der Waals surface area contributed by atoms with E-state index in [0.29, 0.717) is 23.4 Å². The van der Waals surface area contributed by atoms with Crippen LogP contribution >= 0.6 is 0 Å². The number of nitrogens with zero attached hydrogens (tertiary/aromatic N) is 1. The van der Waals surface area contributed by atoms with Gasteiger partial charge in [-0.2, -0.15) is 13.2 Å². The molecule has 0 aromatic heterocycles. The van der Waals surface area contributed by atoms with E-state index < -0.39 is 11.7 Å². The van der Waals surface area contributed by atoms with E-state index >= 15 is 0 Å². The maximum atomic E-state index is 12.6. The van der Waals surface area contributed by atoms with Crippen molar-refractivity contribution in [2.45, 2.75) is 32.0 Å². The molecule has 0 amide bonds. The fourth-order valence-electron chi connectivity index (χ4n) is 2.04. The van der Waals surface area contributed by atoms with Crippen LogP contribution in [0.15, 0.2) is 23.4 Å². The van der Waals surface area contributed by atoms with Crippen LogP contribution in [0, 0.1) is 0 Å². The molecule has 0 unspecified atom stereocenters. The van der Waals surface area contributed by atoms with Gasteiger partial charge >= 0.3 is 6.18 Å². The van der Waals surface area contributed by atoms with Crippen LogP contribution in [0.4, 0.5) is 18.9 Å². The molecule has 3 nitrogen and oxygen atoms in total. The van der Waals surface area contributed by atoms with Crippen molar-refractivity contribution in [3.8, 4) is 0 Å². The van der Waals surface area contributed by atoms with Gasteiger partial charge in [-0.15, -0.1) is 0 Å². The Morgan fingerprint density at radius 3 is 2.72 bits per heavy atom. The highest BCUT2D eigenvalue weighted by Crippen LogP contribution is 2.34. The van der Waals surface area contributed by atoms with Crippen LogP contribution in [0.5, 0.6) is 0 Å². The number of fused-ring (bicyclic) bond motifs is 1. The maximum Gasteiger partial charge on any atom is 0.416 e. The van der Waals surface area contributed by atoms with Crippen LogP contribution in [-0.4, -0.2) is 17.0 Å². The quantitative estimate of drug-likeness (QED) is 0.598. The van der Waals surface area contributed by atoms with Crippen molar-refractivity contribution in [1.29, 1.82) is 0 Å². The fourth-order valence-corrected chi connectivity index (χ4v) is 2.04. The average Bonchev–Trinajstić information content (AvgIpc) is 2.35. The van der Waals surface area contributed by atoms with E-state index in [1.807, 2.05) is 6.92 Å². The summed E-state index contributed by atoms with van der Waals surface area (Å²) < 4.78 is 37.8. The Morgan fingerprint density at radius 2 is 2.17 bits per heavy atom. The number of benzene rings is 1. The molecular weight excluding hydrogens is 245 g/mol. The van der Waals surface area contributed by atoms with E-state index in [9.17, 15) is 13.2 Å². The second-order valence-corrected chi connectivity index (χ2v) is 4.26. The number of nitrogens with one attached hydrogen (secondary N) is 1. The molecule has 1 aliphatic rings. The van der Waals surface area contributed by atoms with Crippen molar-refractivity contribution in [1.82, 2.24) is 0 Å². The molecular formula is C12H13F3N2O. The monoisotopic (exact) mass is 258 g/mol. The summed E-state index contributed by atoms with van der Waals surface area (Å²) in [7, 11) is 0. The highest BCUT2D eigenvalue weighted by molar-refractivity contribution is 6.07. The van der Waals surface area contributed by atoms with Gasteiger partial charge in [-0.05, 0) is 24.6 Å². The minimum absolute atomic E-state index is 0.0835. The van der Waals surface area contributed by atoms with Gasteiger partial charge in [0.15, 0.2) is 0 Å². The zero-order chi connectivity index (χ0) is 13.3. The lowest BCUT2D eigenvalue weighted by Crippen LogP contribution is -2.29. The molecule has 1 aromatic rings. The first kappa shape index (κ1) is 12.7. The minimum atomic E-state index is -4.39. The van der Waals surface area contributed by atoms with Crippen LogP contribution < -0.4 is 5.32 Å². The summed E-state index contributed by atoms with van der Waals surface area (Å²) in [5.41, 5.74) is 0.451. The van der Waals surface area contributed by atoms with Gasteiger partial charge in [-0.25, -0.2) is 0 Å². The number of hydrogen-bond acceptors (Lipinski definition) is 3. The summed E-state index contributed by atoms with van der Waals surface area (Å²) in [5, 5.41) is 15.2. The second kappa shape index (κ2) is 4.51. The highest BCUT2D eigenvalue weighted by atomic mass is 19.4. The van der Waals surface area contributed by atoms with E-state index in [1.54, 1.807) is 0 Å². The van der Waals surface area contributed by atoms with Crippen LogP contribution in [0.1, 0.15) is 30.9 Å². The van der Waals surface area contributed by atoms with Crippen LogP contribution in [0.2, 0.25) is 0 Å². The minimum Gasteiger partial charge on any atom is -0.411 e. The van der Waals surface area contributed by atoms with E-state index in [-0.39, 0.29) is 6.04 Å². The summed E-state index contributed by atoms with van der Waals surface area (Å²) in [4.78, 5) is 0. The van der Waals surface area contributed by atoms with Crippen molar-refractivity contribution in [3.63, 3.8) is 0 Å². The topological polar surface area (TPSA) is 44.6 Å². The van der Waals surface area contributed by atoms with Crippen LogP contribution in [-0.2, 0) is 6.18 Å². The zero-order valence-corrected chi connectivity index (χ0v) is 9.75. The molecule has 1 aliphatic heterocycles. The maximum absolute atomic E-state index is 12.6. The first-order valence-electron chi connectivity index (χ1n) is 5.64. The molecule has 2 N–H and O–H groups in total. The van der Waals surface area contributed by atoms with Gasteiger partial charge < -0.3 is 10.5 Å². The van der Waals surface area contributed by atoms with E-state index in [0.717, 1.165) is 18.6 Å². The van der Waals surface area contributed by atoms with Crippen molar-refractivity contribution in [2.75, 3.05) is 5.32 Å². The Balaban J connectivity index is 2.46. The Labute approximate surface area is 102 Å². The molecule has 0 spiro atoms. The van der Waals surface area contributed by atoms with Crippen LogP contribution in [0.25, 0.3) is 0 Å². The molecule has 6 heteroatoms. The molecule has 1 atom stereocenters. The SMILES string of the molecule is CC[C@@H]1CC(=NO)c2cc(C(F)(F)F)ccc2N1. The first-order valence-corrected chi connectivity index (χ1v) is 5.64. The summed E-state index contributed by atoms with van der Waals surface area (Å²) in [6.45, 7) is 1.96. The molecule has 0 aliphatic carbocycles. The summed E-state index contributed by atoms with van der Waals surface area (Å²) in [5.74, 6) is 0.